The van der Waals surface area contributed by atoms with Gasteiger partial charge in [-0.25, -0.2) is 4.98 Å². The molecule has 2 aromatic carbocycles. The summed E-state index contributed by atoms with van der Waals surface area (Å²) < 4.78 is 2.21. The summed E-state index contributed by atoms with van der Waals surface area (Å²) in [6.07, 6.45) is 15.1. The van der Waals surface area contributed by atoms with E-state index in [-0.39, 0.29) is 23.3 Å². The molecular weight excluding hydrogens is 604 g/mol. The van der Waals surface area contributed by atoms with Gasteiger partial charge in [-0.1, -0.05) is 76.1 Å². The number of rotatable bonds is 10. The molecule has 0 saturated carbocycles. The number of imidazole rings is 1. The van der Waals surface area contributed by atoms with Crippen LogP contribution in [0.5, 0.6) is 0 Å². The second kappa shape index (κ2) is 13.7. The van der Waals surface area contributed by atoms with Gasteiger partial charge in [-0.3, -0.25) is 19.7 Å². The summed E-state index contributed by atoms with van der Waals surface area (Å²) >= 11 is 6.91. The first-order chi connectivity index (χ1) is 22.6. The molecule has 1 unspecified atom stereocenters. The molecule has 4 heterocycles. The Kier molecular flexibility index (Phi) is 9.67. The lowest BCUT2D eigenvalue weighted by atomic mass is 9.66. The molecule has 7 nitrogen and oxygen atoms in total. The Bertz CT molecular complexity index is 1770. The first kappa shape index (κ1) is 33.1. The van der Waals surface area contributed by atoms with Crippen LogP contribution in [0.25, 0.3) is 0 Å². The Balaban J connectivity index is 1.37. The summed E-state index contributed by atoms with van der Waals surface area (Å²) in [7, 11) is 0. The van der Waals surface area contributed by atoms with Gasteiger partial charge < -0.3 is 10.3 Å². The molecule has 6 rings (SSSR count). The van der Waals surface area contributed by atoms with Crippen molar-refractivity contribution in [2.75, 3.05) is 19.6 Å². The number of dihydropyridines is 1. The van der Waals surface area contributed by atoms with E-state index >= 15 is 0 Å². The van der Waals surface area contributed by atoms with E-state index in [1.54, 1.807) is 6.21 Å². The lowest BCUT2D eigenvalue weighted by molar-refractivity contribution is -0.124. The highest BCUT2D eigenvalue weighted by Crippen LogP contribution is 2.48. The molecule has 0 radical (unpaired) electrons. The van der Waals surface area contributed by atoms with Gasteiger partial charge in [0.25, 0.3) is 0 Å². The Morgan fingerprint density at radius 1 is 1.15 bits per heavy atom. The number of piperidine rings is 1. The summed E-state index contributed by atoms with van der Waals surface area (Å²) in [4.78, 5) is 30.8. The second-order valence-electron chi connectivity index (χ2n) is 14.0. The van der Waals surface area contributed by atoms with Gasteiger partial charge in [-0.05, 0) is 78.7 Å². The van der Waals surface area contributed by atoms with Crippen LogP contribution in [0.15, 0.2) is 76.1 Å². The fourth-order valence-electron chi connectivity index (χ4n) is 7.53. The molecule has 3 aromatic rings. The number of ketones is 1. The number of fused-ring (bicyclic) bond motifs is 1. The molecule has 3 aliphatic heterocycles. The average molecular weight is 651 g/mol. The zero-order valence-corrected chi connectivity index (χ0v) is 29.1. The standard InChI is InChI=1S/C39H47ClN6O/c1-6-27-13-17-45(18-14-27)24-34-43-16-19-46(34)23-30-20-28(9-12-33(30)40)35(32-11-10-31-25(2)21-44-37(31)26(32)3)39(4,5)38(47)36(41)29-8-7-15-42-22-29/h7-12,15-16,19-21,25,27,35H,6,13-14,17-18,22-24,41H2,1-5H3/t25?,35-/m0/s1. The predicted molar refractivity (Wildman–Crippen MR) is 193 cm³/mol. The number of carbonyl (C=O) groups is 1. The molecule has 0 aliphatic carbocycles. The smallest absolute Gasteiger partial charge is 0.185 e. The van der Waals surface area contributed by atoms with E-state index in [2.05, 4.69) is 59.5 Å². The molecule has 2 atom stereocenters. The third-order valence-electron chi connectivity index (χ3n) is 10.6. The molecule has 0 bridgehead atoms. The van der Waals surface area contributed by atoms with Crippen molar-refractivity contribution in [1.82, 2.24) is 14.5 Å². The maximum Gasteiger partial charge on any atom is 0.185 e. The molecule has 0 amide bonds. The molecular formula is C39H47ClN6O. The number of Topliss-reactive ketones (excluding diaryl/α,β-unsaturated/α-hetero) is 1. The Morgan fingerprint density at radius 3 is 2.66 bits per heavy atom. The molecule has 8 heteroatoms. The van der Waals surface area contributed by atoms with Crippen LogP contribution in [-0.2, 0) is 17.9 Å². The molecule has 3 aliphatic rings. The SMILES string of the molecule is CCC1CCN(Cc2nccn2Cc2cc([C@@H](c3ccc4c(c3C)N=CC4C)C(C)(C)C(=O)C(N)=C3C=CC=NC3)ccc2Cl)CC1. The first-order valence-electron chi connectivity index (χ1n) is 17.0. The van der Waals surface area contributed by atoms with Crippen molar-refractivity contribution in [2.45, 2.75) is 78.8 Å². The van der Waals surface area contributed by atoms with Gasteiger partial charge in [0.1, 0.15) is 5.82 Å². The van der Waals surface area contributed by atoms with E-state index in [0.29, 0.717) is 18.1 Å². The van der Waals surface area contributed by atoms with Gasteiger partial charge in [0.05, 0.1) is 31.0 Å². The van der Waals surface area contributed by atoms with Crippen molar-refractivity contribution in [2.24, 2.45) is 27.1 Å². The maximum atomic E-state index is 14.4. The molecule has 1 saturated heterocycles. The molecule has 47 heavy (non-hydrogen) atoms. The lowest BCUT2D eigenvalue weighted by Crippen LogP contribution is -2.37. The molecule has 1 aromatic heterocycles. The largest absolute Gasteiger partial charge is 0.396 e. The van der Waals surface area contributed by atoms with Gasteiger partial charge in [-0.2, -0.15) is 0 Å². The topological polar surface area (TPSA) is 88.9 Å². The number of carbonyl (C=O) groups excluding carboxylic acids is 1. The second-order valence-corrected chi connectivity index (χ2v) is 14.4. The number of aliphatic imine (C=N–C) groups is 2. The quantitative estimate of drug-likeness (QED) is 0.226. The Labute approximate surface area is 284 Å². The number of benzene rings is 2. The molecule has 2 N–H and O–H groups in total. The minimum Gasteiger partial charge on any atom is -0.396 e. The third kappa shape index (κ3) is 6.66. The normalized spacial score (nSPS) is 20.1. The predicted octanol–water partition coefficient (Wildman–Crippen LogP) is 7.92. The van der Waals surface area contributed by atoms with Crippen LogP contribution in [0.2, 0.25) is 5.02 Å². The van der Waals surface area contributed by atoms with Gasteiger partial charge in [-0.15, -0.1) is 0 Å². The zero-order valence-electron chi connectivity index (χ0n) is 28.3. The number of hydrogen-bond donors (Lipinski definition) is 1. The van der Waals surface area contributed by atoms with E-state index in [4.69, 9.17) is 27.3 Å². The first-order valence-corrected chi connectivity index (χ1v) is 17.3. The minimum atomic E-state index is -0.894. The van der Waals surface area contributed by atoms with Crippen molar-refractivity contribution in [3.8, 4) is 0 Å². The summed E-state index contributed by atoms with van der Waals surface area (Å²) in [6, 6.07) is 10.5. The van der Waals surface area contributed by atoms with E-state index in [9.17, 15) is 4.79 Å². The highest BCUT2D eigenvalue weighted by atomic mass is 35.5. The van der Waals surface area contributed by atoms with Crippen LogP contribution in [0.1, 0.15) is 92.4 Å². The van der Waals surface area contributed by atoms with Gasteiger partial charge in [0, 0.05) is 52.7 Å². The molecule has 246 valence electrons. The van der Waals surface area contributed by atoms with E-state index in [1.165, 1.54) is 24.8 Å². The number of halogens is 1. The van der Waals surface area contributed by atoms with Crippen LogP contribution in [0, 0.1) is 18.3 Å². The van der Waals surface area contributed by atoms with Crippen molar-refractivity contribution in [3.63, 3.8) is 0 Å². The van der Waals surface area contributed by atoms with E-state index in [1.807, 2.05) is 50.7 Å². The van der Waals surface area contributed by atoms with Crippen LogP contribution in [-0.4, -0.2) is 52.3 Å². The number of nitrogens with two attached hydrogens (primary N) is 1. The van der Waals surface area contributed by atoms with Crippen LogP contribution < -0.4 is 5.73 Å². The monoisotopic (exact) mass is 650 g/mol. The zero-order chi connectivity index (χ0) is 33.3. The molecule has 1 fully saturated rings. The number of nitrogens with zero attached hydrogens (tertiary/aromatic N) is 5. The van der Waals surface area contributed by atoms with Crippen LogP contribution in [0.3, 0.4) is 0 Å². The van der Waals surface area contributed by atoms with Gasteiger partial charge in [0.2, 0.25) is 0 Å². The summed E-state index contributed by atoms with van der Waals surface area (Å²) in [6.45, 7) is 14.6. The van der Waals surface area contributed by atoms with E-state index < -0.39 is 5.41 Å². The minimum absolute atomic E-state index is 0.101. The number of aromatic nitrogens is 2. The average Bonchev–Trinajstić information content (AvgIpc) is 3.69. The van der Waals surface area contributed by atoms with Crippen molar-refractivity contribution < 1.29 is 4.79 Å². The summed E-state index contributed by atoms with van der Waals surface area (Å²) in [5.41, 5.74) is 13.1. The van der Waals surface area contributed by atoms with Crippen molar-refractivity contribution in [3.05, 3.63) is 105 Å². The van der Waals surface area contributed by atoms with Crippen molar-refractivity contribution >= 4 is 35.5 Å². The van der Waals surface area contributed by atoms with Crippen LogP contribution >= 0.6 is 11.6 Å². The maximum absolute atomic E-state index is 14.4. The highest BCUT2D eigenvalue weighted by Gasteiger charge is 2.42. The molecule has 0 spiro atoms. The fourth-order valence-corrected chi connectivity index (χ4v) is 7.71. The number of hydrogen-bond acceptors (Lipinski definition) is 6. The van der Waals surface area contributed by atoms with Gasteiger partial charge in [0.15, 0.2) is 5.78 Å². The van der Waals surface area contributed by atoms with Gasteiger partial charge >= 0.3 is 0 Å². The highest BCUT2D eigenvalue weighted by molar-refractivity contribution is 6.31. The third-order valence-corrected chi connectivity index (χ3v) is 10.9. The fraction of sp³-hybridized carbons (Fsp3) is 0.436. The van der Waals surface area contributed by atoms with Crippen molar-refractivity contribution in [1.29, 1.82) is 0 Å². The Morgan fingerprint density at radius 2 is 1.94 bits per heavy atom. The Hall–Kier alpha value is -3.81. The number of allylic oxidation sites excluding steroid dienone is 2. The van der Waals surface area contributed by atoms with Crippen LogP contribution in [0.4, 0.5) is 5.69 Å². The lowest BCUT2D eigenvalue weighted by Gasteiger charge is -2.36. The van der Waals surface area contributed by atoms with E-state index in [0.717, 1.165) is 64.9 Å². The number of likely N-dealkylation sites (tertiary alicyclic amines) is 1. The summed E-state index contributed by atoms with van der Waals surface area (Å²) in [5.74, 6) is 1.73. The summed E-state index contributed by atoms with van der Waals surface area (Å²) in [5, 5.41) is 0.691.